The van der Waals surface area contributed by atoms with Gasteiger partial charge in [0, 0.05) is 17.3 Å². The number of anilines is 1. The summed E-state index contributed by atoms with van der Waals surface area (Å²) in [7, 11) is 0. The summed E-state index contributed by atoms with van der Waals surface area (Å²) in [5.74, 6) is 1.26. The lowest BCUT2D eigenvalue weighted by Gasteiger charge is -2.05. The second-order valence-electron chi connectivity index (χ2n) is 4.23. The van der Waals surface area contributed by atoms with Crippen LogP contribution in [-0.2, 0) is 6.42 Å². The summed E-state index contributed by atoms with van der Waals surface area (Å²) in [6.07, 6.45) is 2.00. The van der Waals surface area contributed by atoms with Gasteiger partial charge in [0.1, 0.15) is 5.82 Å². The number of nitrogens with zero attached hydrogens (tertiary/aromatic N) is 2. The van der Waals surface area contributed by atoms with Gasteiger partial charge < -0.3 is 5.73 Å². The molecule has 0 unspecified atom stereocenters. The van der Waals surface area contributed by atoms with Gasteiger partial charge in [-0.1, -0.05) is 37.1 Å². The molecule has 0 aliphatic heterocycles. The minimum Gasteiger partial charge on any atom is -0.384 e. The second kappa shape index (κ2) is 4.95. The molecule has 0 bridgehead atoms. The normalized spacial score (nSPS) is 10.5. The van der Waals surface area contributed by atoms with E-state index in [1.807, 2.05) is 18.2 Å². The maximum atomic E-state index is 5.81. The van der Waals surface area contributed by atoms with E-state index in [1.165, 1.54) is 5.56 Å². The van der Waals surface area contributed by atoms with Crippen molar-refractivity contribution in [1.82, 2.24) is 9.97 Å². The lowest BCUT2D eigenvalue weighted by molar-refractivity contribution is 0.877. The number of nitrogens with two attached hydrogens (primary N) is 1. The minimum atomic E-state index is 0.542. The van der Waals surface area contributed by atoms with Gasteiger partial charge in [-0.2, -0.15) is 0 Å². The lowest BCUT2D eigenvalue weighted by atomic mass is 10.1. The average Bonchev–Trinajstić information content (AvgIpc) is 2.28. The summed E-state index contributed by atoms with van der Waals surface area (Å²) < 4.78 is 0. The zero-order valence-corrected chi connectivity index (χ0v) is 10.3. The third-order valence-electron chi connectivity index (χ3n) is 2.58. The Kier molecular flexibility index (Phi) is 3.38. The average molecular weight is 227 g/mol. The Morgan fingerprint density at radius 1 is 1.18 bits per heavy atom. The van der Waals surface area contributed by atoms with E-state index >= 15 is 0 Å². The number of nitrogen functional groups attached to an aromatic ring is 1. The second-order valence-corrected chi connectivity index (χ2v) is 4.23. The van der Waals surface area contributed by atoms with Crippen molar-refractivity contribution in [1.29, 1.82) is 0 Å². The summed E-state index contributed by atoms with van der Waals surface area (Å²) in [5.41, 5.74) is 9.05. The van der Waals surface area contributed by atoms with Crippen LogP contribution in [0.1, 0.15) is 24.6 Å². The molecule has 88 valence electrons. The molecule has 0 spiro atoms. The third-order valence-corrected chi connectivity index (χ3v) is 2.58. The molecule has 1 heterocycles. The fourth-order valence-corrected chi connectivity index (χ4v) is 1.82. The summed E-state index contributed by atoms with van der Waals surface area (Å²) in [6, 6.07) is 10.0. The quantitative estimate of drug-likeness (QED) is 0.877. The summed E-state index contributed by atoms with van der Waals surface area (Å²) >= 11 is 0. The van der Waals surface area contributed by atoms with E-state index in [-0.39, 0.29) is 0 Å². The first kappa shape index (κ1) is 11.6. The largest absolute Gasteiger partial charge is 0.384 e. The summed E-state index contributed by atoms with van der Waals surface area (Å²) in [6.45, 7) is 4.19. The molecule has 3 nitrogen and oxygen atoms in total. The molecule has 17 heavy (non-hydrogen) atoms. The van der Waals surface area contributed by atoms with Gasteiger partial charge in [0.05, 0.1) is 0 Å². The van der Waals surface area contributed by atoms with Crippen LogP contribution in [0.25, 0.3) is 11.4 Å². The molecular weight excluding hydrogens is 210 g/mol. The monoisotopic (exact) mass is 227 g/mol. The molecule has 1 aromatic carbocycles. The van der Waals surface area contributed by atoms with Crippen molar-refractivity contribution in [3.8, 4) is 11.4 Å². The van der Waals surface area contributed by atoms with Crippen LogP contribution >= 0.6 is 0 Å². The van der Waals surface area contributed by atoms with E-state index in [1.54, 1.807) is 0 Å². The molecule has 0 saturated carbocycles. The molecule has 2 rings (SSSR count). The zero-order valence-electron chi connectivity index (χ0n) is 10.3. The first-order valence-electron chi connectivity index (χ1n) is 5.89. The number of hydrogen-bond donors (Lipinski definition) is 1. The zero-order chi connectivity index (χ0) is 12.3. The van der Waals surface area contributed by atoms with Gasteiger partial charge in [-0.05, 0) is 19.4 Å². The molecule has 0 saturated heterocycles. The van der Waals surface area contributed by atoms with Crippen LogP contribution in [0.15, 0.2) is 30.3 Å². The molecular formula is C14H17N3. The van der Waals surface area contributed by atoms with Crippen LogP contribution in [0.3, 0.4) is 0 Å². The van der Waals surface area contributed by atoms with Crippen molar-refractivity contribution in [2.75, 3.05) is 5.73 Å². The fraction of sp³-hybridized carbons (Fsp3) is 0.286. The molecule has 0 aliphatic carbocycles. The molecule has 0 atom stereocenters. The van der Waals surface area contributed by atoms with Gasteiger partial charge in [-0.25, -0.2) is 9.97 Å². The van der Waals surface area contributed by atoms with E-state index in [2.05, 4.69) is 35.9 Å². The minimum absolute atomic E-state index is 0.542. The number of aryl methyl sites for hydroxylation is 2. The van der Waals surface area contributed by atoms with Crippen LogP contribution < -0.4 is 5.73 Å². The fourth-order valence-electron chi connectivity index (χ4n) is 1.82. The van der Waals surface area contributed by atoms with Crippen molar-refractivity contribution in [2.45, 2.75) is 26.7 Å². The predicted molar refractivity (Wildman–Crippen MR) is 70.6 cm³/mol. The highest BCUT2D eigenvalue weighted by Gasteiger charge is 2.05. The van der Waals surface area contributed by atoms with Gasteiger partial charge in [0.25, 0.3) is 0 Å². The highest BCUT2D eigenvalue weighted by molar-refractivity contribution is 5.57. The van der Waals surface area contributed by atoms with Gasteiger partial charge in [-0.15, -0.1) is 0 Å². The number of rotatable bonds is 3. The van der Waals surface area contributed by atoms with Crippen molar-refractivity contribution in [3.05, 3.63) is 41.6 Å². The Morgan fingerprint density at radius 2 is 2.00 bits per heavy atom. The number of aromatic nitrogens is 2. The lowest BCUT2D eigenvalue weighted by Crippen LogP contribution is -2.00. The smallest absolute Gasteiger partial charge is 0.161 e. The molecule has 0 fully saturated rings. The molecule has 0 radical (unpaired) electrons. The van der Waals surface area contributed by atoms with E-state index in [9.17, 15) is 0 Å². The van der Waals surface area contributed by atoms with Crippen LogP contribution in [0.2, 0.25) is 0 Å². The van der Waals surface area contributed by atoms with Crippen molar-refractivity contribution in [2.24, 2.45) is 0 Å². The van der Waals surface area contributed by atoms with E-state index in [0.717, 1.165) is 29.9 Å². The van der Waals surface area contributed by atoms with Gasteiger partial charge >= 0.3 is 0 Å². The van der Waals surface area contributed by atoms with Crippen LogP contribution in [0.4, 0.5) is 5.82 Å². The maximum absolute atomic E-state index is 5.81. The van der Waals surface area contributed by atoms with E-state index in [4.69, 9.17) is 5.73 Å². The highest BCUT2D eigenvalue weighted by Crippen LogP contribution is 2.18. The predicted octanol–water partition coefficient (Wildman–Crippen LogP) is 2.99. The Hall–Kier alpha value is -1.90. The molecule has 1 aromatic heterocycles. The van der Waals surface area contributed by atoms with Crippen LogP contribution in [0.5, 0.6) is 0 Å². The molecule has 0 aliphatic rings. The topological polar surface area (TPSA) is 51.8 Å². The SMILES string of the molecule is CCCc1cc(N)nc(-c2cccc(C)c2)n1. The van der Waals surface area contributed by atoms with E-state index < -0.39 is 0 Å². The maximum Gasteiger partial charge on any atom is 0.161 e. The summed E-state index contributed by atoms with van der Waals surface area (Å²) in [5, 5.41) is 0. The molecule has 2 aromatic rings. The Labute approximate surface area is 102 Å². The van der Waals surface area contributed by atoms with Gasteiger partial charge in [0.2, 0.25) is 0 Å². The van der Waals surface area contributed by atoms with Crippen LogP contribution in [0, 0.1) is 6.92 Å². The third kappa shape index (κ3) is 2.81. The van der Waals surface area contributed by atoms with Gasteiger partial charge in [0.15, 0.2) is 5.82 Å². The number of benzene rings is 1. The molecule has 3 heteroatoms. The molecule has 0 amide bonds. The summed E-state index contributed by atoms with van der Waals surface area (Å²) in [4.78, 5) is 8.84. The Morgan fingerprint density at radius 3 is 2.71 bits per heavy atom. The van der Waals surface area contributed by atoms with Gasteiger partial charge in [-0.3, -0.25) is 0 Å². The van der Waals surface area contributed by atoms with Crippen molar-refractivity contribution >= 4 is 5.82 Å². The standard InChI is InChI=1S/C14H17N3/c1-3-5-12-9-13(15)17-14(16-12)11-7-4-6-10(2)8-11/h4,6-9H,3,5H2,1-2H3,(H2,15,16,17). The van der Waals surface area contributed by atoms with Crippen molar-refractivity contribution < 1.29 is 0 Å². The van der Waals surface area contributed by atoms with Crippen LogP contribution in [-0.4, -0.2) is 9.97 Å². The first-order valence-corrected chi connectivity index (χ1v) is 5.89. The first-order chi connectivity index (χ1) is 8.19. The molecule has 2 N–H and O–H groups in total. The number of hydrogen-bond acceptors (Lipinski definition) is 3. The van der Waals surface area contributed by atoms with E-state index in [0.29, 0.717) is 5.82 Å². The highest BCUT2D eigenvalue weighted by atomic mass is 14.9. The van der Waals surface area contributed by atoms with Crippen molar-refractivity contribution in [3.63, 3.8) is 0 Å². The Bertz CT molecular complexity index is 521. The Balaban J connectivity index is 2.44.